The predicted octanol–water partition coefficient (Wildman–Crippen LogP) is 7.44. The van der Waals surface area contributed by atoms with Gasteiger partial charge in [0, 0.05) is 30.9 Å². The van der Waals surface area contributed by atoms with Gasteiger partial charge in [-0.1, -0.05) is 18.2 Å². The Bertz CT molecular complexity index is 1150. The van der Waals surface area contributed by atoms with Crippen molar-refractivity contribution in [3.63, 3.8) is 0 Å². The largest absolute Gasteiger partial charge is 0.416 e. The molecule has 4 unspecified atom stereocenters. The van der Waals surface area contributed by atoms with Gasteiger partial charge in [-0.15, -0.1) is 0 Å². The van der Waals surface area contributed by atoms with Gasteiger partial charge < -0.3 is 10.1 Å². The van der Waals surface area contributed by atoms with E-state index in [4.69, 9.17) is 4.74 Å². The Morgan fingerprint density at radius 2 is 1.59 bits per heavy atom. The molecule has 2 aromatic carbocycles. The topological polar surface area (TPSA) is 34.1 Å². The molecule has 10 heteroatoms. The van der Waals surface area contributed by atoms with Gasteiger partial charge in [0.25, 0.3) is 0 Å². The van der Waals surface area contributed by atoms with Crippen LogP contribution in [0.3, 0.4) is 0 Å². The van der Waals surface area contributed by atoms with E-state index in [9.17, 15) is 30.7 Å². The molecule has 0 aliphatic heterocycles. The van der Waals surface area contributed by atoms with E-state index in [2.05, 4.69) is 10.3 Å². The third-order valence-corrected chi connectivity index (χ3v) is 6.60. The van der Waals surface area contributed by atoms with E-state index in [-0.39, 0.29) is 23.6 Å². The maximum absolute atomic E-state index is 13.6. The quantitative estimate of drug-likeness (QED) is 0.325. The number of aromatic nitrogens is 1. The van der Waals surface area contributed by atoms with Crippen LogP contribution in [0.15, 0.2) is 67.0 Å². The van der Waals surface area contributed by atoms with Crippen molar-refractivity contribution in [2.24, 2.45) is 0 Å². The molecule has 1 aromatic heterocycles. The van der Waals surface area contributed by atoms with E-state index in [0.717, 1.165) is 11.1 Å². The summed E-state index contributed by atoms with van der Waals surface area (Å²) in [5, 5.41) is 3.45. The van der Waals surface area contributed by atoms with E-state index in [1.54, 1.807) is 30.6 Å². The molecule has 4 atom stereocenters. The van der Waals surface area contributed by atoms with Gasteiger partial charge in [-0.2, -0.15) is 26.3 Å². The van der Waals surface area contributed by atoms with Gasteiger partial charge >= 0.3 is 12.4 Å². The molecule has 1 saturated carbocycles. The summed E-state index contributed by atoms with van der Waals surface area (Å²) in [6.45, 7) is 1.94. The molecule has 3 nitrogen and oxygen atoms in total. The fourth-order valence-corrected chi connectivity index (χ4v) is 4.78. The molecule has 198 valence electrons. The van der Waals surface area contributed by atoms with Crippen LogP contribution in [0.5, 0.6) is 0 Å². The van der Waals surface area contributed by atoms with Crippen LogP contribution in [-0.2, 0) is 23.6 Å². The molecular weight excluding hydrogens is 501 g/mol. The number of nitrogens with zero attached hydrogens (tertiary/aromatic N) is 1. The summed E-state index contributed by atoms with van der Waals surface area (Å²) in [5.41, 5.74) is -1.27. The monoisotopic (exact) mass is 526 g/mol. The SMILES string of the molecule is CC(OC1CCC(NCc2cccnc2)C1c1ccc(F)cc1)c1cc(C(F)(F)F)cc(C(F)(F)F)c1. The van der Waals surface area contributed by atoms with E-state index in [1.165, 1.54) is 19.1 Å². The second kappa shape index (κ2) is 10.8. The number of hydrogen-bond donors (Lipinski definition) is 1. The standard InChI is InChI=1S/C27H25F7N2O/c1-16(19-11-20(26(29,30)31)13-21(12-19)27(32,33)34)37-24-9-8-23(36-15-17-3-2-10-35-14-17)25(24)18-4-6-22(28)7-5-18/h2-7,10-14,16,23-25,36H,8-9,15H2,1H3. The van der Waals surface area contributed by atoms with Crippen molar-refractivity contribution in [2.45, 2.75) is 62.8 Å². The van der Waals surface area contributed by atoms with E-state index >= 15 is 0 Å². The van der Waals surface area contributed by atoms with Crippen LogP contribution in [0.25, 0.3) is 0 Å². The van der Waals surface area contributed by atoms with Crippen LogP contribution in [-0.4, -0.2) is 17.1 Å². The van der Waals surface area contributed by atoms with Gasteiger partial charge in [0.15, 0.2) is 0 Å². The molecule has 0 bridgehead atoms. The summed E-state index contributed by atoms with van der Waals surface area (Å²) >= 11 is 0. The molecule has 1 aliphatic carbocycles. The Kier molecular flexibility index (Phi) is 7.89. The molecule has 1 heterocycles. The summed E-state index contributed by atoms with van der Waals surface area (Å²) in [5.74, 6) is -0.719. The lowest BCUT2D eigenvalue weighted by molar-refractivity contribution is -0.143. The van der Waals surface area contributed by atoms with E-state index in [1.807, 2.05) is 6.07 Å². The first-order valence-electron chi connectivity index (χ1n) is 11.7. The third kappa shape index (κ3) is 6.67. The first-order valence-corrected chi connectivity index (χ1v) is 11.7. The van der Waals surface area contributed by atoms with Gasteiger partial charge in [0.05, 0.1) is 23.3 Å². The fraction of sp³-hybridized carbons (Fsp3) is 0.370. The second-order valence-corrected chi connectivity index (χ2v) is 9.16. The molecular formula is C27H25F7N2O. The Hall–Kier alpha value is -2.98. The number of alkyl halides is 6. The summed E-state index contributed by atoms with van der Waals surface area (Å²) in [6.07, 6.45) is -6.91. The van der Waals surface area contributed by atoms with Crippen LogP contribution < -0.4 is 5.32 Å². The molecule has 0 spiro atoms. The zero-order chi connectivity index (χ0) is 26.8. The van der Waals surface area contributed by atoms with Crippen molar-refractivity contribution in [1.82, 2.24) is 10.3 Å². The fourth-order valence-electron chi connectivity index (χ4n) is 4.78. The molecule has 0 amide bonds. The molecule has 3 aromatic rings. The summed E-state index contributed by atoms with van der Waals surface area (Å²) < 4.78 is 99.8. The smallest absolute Gasteiger partial charge is 0.370 e. The number of rotatable bonds is 7. The molecule has 0 radical (unpaired) electrons. The molecule has 1 fully saturated rings. The average molecular weight is 526 g/mol. The van der Waals surface area contributed by atoms with Crippen molar-refractivity contribution in [1.29, 1.82) is 0 Å². The highest BCUT2D eigenvalue weighted by atomic mass is 19.4. The van der Waals surface area contributed by atoms with Gasteiger partial charge in [-0.05, 0) is 72.9 Å². The van der Waals surface area contributed by atoms with Crippen LogP contribution in [0.1, 0.15) is 59.6 Å². The van der Waals surface area contributed by atoms with Crippen molar-refractivity contribution in [3.8, 4) is 0 Å². The van der Waals surface area contributed by atoms with Crippen LogP contribution in [0, 0.1) is 5.82 Å². The zero-order valence-electron chi connectivity index (χ0n) is 19.8. The number of pyridine rings is 1. The highest BCUT2D eigenvalue weighted by molar-refractivity contribution is 5.35. The van der Waals surface area contributed by atoms with Gasteiger partial charge in [-0.3, -0.25) is 4.98 Å². The van der Waals surface area contributed by atoms with Crippen molar-refractivity contribution in [2.75, 3.05) is 0 Å². The minimum Gasteiger partial charge on any atom is -0.370 e. The van der Waals surface area contributed by atoms with Crippen molar-refractivity contribution < 1.29 is 35.5 Å². The predicted molar refractivity (Wildman–Crippen MR) is 123 cm³/mol. The molecule has 0 saturated heterocycles. The van der Waals surface area contributed by atoms with Crippen molar-refractivity contribution in [3.05, 3.63) is 101 Å². The molecule has 1 aliphatic rings. The van der Waals surface area contributed by atoms with Crippen LogP contribution in [0.4, 0.5) is 30.7 Å². The summed E-state index contributed by atoms with van der Waals surface area (Å²) in [6, 6.07) is 11.0. The lowest BCUT2D eigenvalue weighted by Crippen LogP contribution is -2.34. The highest BCUT2D eigenvalue weighted by Gasteiger charge is 2.40. The Balaban J connectivity index is 1.59. The number of halogens is 7. The lowest BCUT2D eigenvalue weighted by atomic mass is 9.91. The minimum atomic E-state index is -4.94. The zero-order valence-corrected chi connectivity index (χ0v) is 19.8. The summed E-state index contributed by atoms with van der Waals surface area (Å²) in [7, 11) is 0. The maximum atomic E-state index is 13.6. The number of ether oxygens (including phenoxy) is 1. The third-order valence-electron chi connectivity index (χ3n) is 6.60. The number of nitrogens with one attached hydrogen (secondary N) is 1. The highest BCUT2D eigenvalue weighted by Crippen LogP contribution is 2.42. The van der Waals surface area contributed by atoms with Crippen LogP contribution >= 0.6 is 0 Å². The Labute approximate surface area is 209 Å². The first-order chi connectivity index (χ1) is 17.4. The van der Waals surface area contributed by atoms with E-state index in [0.29, 0.717) is 31.5 Å². The number of hydrogen-bond acceptors (Lipinski definition) is 3. The second-order valence-electron chi connectivity index (χ2n) is 9.16. The molecule has 37 heavy (non-hydrogen) atoms. The van der Waals surface area contributed by atoms with Gasteiger partial charge in [-0.25, -0.2) is 4.39 Å². The first kappa shape index (κ1) is 27.1. The summed E-state index contributed by atoms with van der Waals surface area (Å²) in [4.78, 5) is 4.09. The van der Waals surface area contributed by atoms with E-state index < -0.39 is 41.5 Å². The van der Waals surface area contributed by atoms with Gasteiger partial charge in [0.2, 0.25) is 0 Å². The lowest BCUT2D eigenvalue weighted by Gasteiger charge is -2.29. The average Bonchev–Trinajstić information content (AvgIpc) is 3.24. The molecule has 1 N–H and O–H groups in total. The Morgan fingerprint density at radius 1 is 0.946 bits per heavy atom. The minimum absolute atomic E-state index is 0.103. The maximum Gasteiger partial charge on any atom is 0.416 e. The van der Waals surface area contributed by atoms with Gasteiger partial charge in [0.1, 0.15) is 5.82 Å². The normalized spacial score (nSPS) is 21.2. The molecule has 4 rings (SSSR count). The Morgan fingerprint density at radius 3 is 2.16 bits per heavy atom. The number of benzene rings is 2. The van der Waals surface area contributed by atoms with Crippen molar-refractivity contribution >= 4 is 0 Å². The van der Waals surface area contributed by atoms with Crippen LogP contribution in [0.2, 0.25) is 0 Å².